The van der Waals surface area contributed by atoms with Crippen LogP contribution in [0.3, 0.4) is 0 Å². The minimum Gasteiger partial charge on any atom is -0.462 e. The second-order valence-corrected chi connectivity index (χ2v) is 16.4. The molecule has 0 N–H and O–H groups in total. The second-order valence-electron chi connectivity index (χ2n) is 16.4. The van der Waals surface area contributed by atoms with Crippen molar-refractivity contribution in [3.63, 3.8) is 0 Å². The second kappa shape index (κ2) is 46.0. The number of unbranched alkanes of at least 4 members (excludes halogenated alkanes) is 32. The number of hydrogen-bond acceptors (Lipinski definition) is 5. The Morgan fingerprint density at radius 2 is 0.722 bits per heavy atom. The highest BCUT2D eigenvalue weighted by Crippen LogP contribution is 2.15. The number of allylic oxidation sites excluding steroid dienone is 2. The average molecular weight is 763 g/mol. The van der Waals surface area contributed by atoms with Gasteiger partial charge < -0.3 is 14.2 Å². The summed E-state index contributed by atoms with van der Waals surface area (Å²) in [5, 5.41) is 0. The Bertz CT molecular complexity index is 780. The third-order valence-corrected chi connectivity index (χ3v) is 10.8. The molecular formula is C49H94O5. The lowest BCUT2D eigenvalue weighted by molar-refractivity contribution is -0.163. The standard InChI is InChI=1S/C49H94O5/c1-4-7-10-13-16-19-22-24-26-29-32-35-38-41-44-52-45-47(54-49(51)43-40-37-34-31-27-21-18-15-12-9-6-3)46-53-48(50)42-39-36-33-30-28-25-23-20-17-14-11-8-5-2/h19,22,47H,4-18,20-21,23-46H2,1-3H3/b22-19-. The fourth-order valence-corrected chi connectivity index (χ4v) is 7.15. The summed E-state index contributed by atoms with van der Waals surface area (Å²) < 4.78 is 17.3. The first-order chi connectivity index (χ1) is 26.6. The molecule has 0 rings (SSSR count). The molecule has 0 bridgehead atoms. The number of carbonyl (C=O) groups is 2. The summed E-state index contributed by atoms with van der Waals surface area (Å²) in [6, 6.07) is 0. The van der Waals surface area contributed by atoms with Crippen LogP contribution < -0.4 is 0 Å². The summed E-state index contributed by atoms with van der Waals surface area (Å²) in [6.07, 6.45) is 50.6. The van der Waals surface area contributed by atoms with E-state index in [1.165, 1.54) is 193 Å². The molecule has 0 aromatic heterocycles. The summed E-state index contributed by atoms with van der Waals surface area (Å²) in [5.74, 6) is -0.384. The molecule has 0 heterocycles. The van der Waals surface area contributed by atoms with E-state index in [1.54, 1.807) is 0 Å². The van der Waals surface area contributed by atoms with Crippen LogP contribution in [0.4, 0.5) is 0 Å². The predicted octanol–water partition coefficient (Wildman–Crippen LogP) is 15.9. The Morgan fingerprint density at radius 3 is 1.15 bits per heavy atom. The average Bonchev–Trinajstić information content (AvgIpc) is 3.17. The molecule has 0 amide bonds. The van der Waals surface area contributed by atoms with E-state index in [0.717, 1.165) is 38.5 Å². The molecule has 0 saturated carbocycles. The van der Waals surface area contributed by atoms with Crippen molar-refractivity contribution in [3.8, 4) is 0 Å². The van der Waals surface area contributed by atoms with E-state index in [4.69, 9.17) is 14.2 Å². The van der Waals surface area contributed by atoms with E-state index in [1.807, 2.05) is 0 Å². The van der Waals surface area contributed by atoms with Crippen LogP contribution in [0.15, 0.2) is 12.2 Å². The van der Waals surface area contributed by atoms with Gasteiger partial charge in [-0.25, -0.2) is 0 Å². The normalized spacial score (nSPS) is 12.1. The number of hydrogen-bond donors (Lipinski definition) is 0. The van der Waals surface area contributed by atoms with Gasteiger partial charge in [-0.15, -0.1) is 0 Å². The van der Waals surface area contributed by atoms with Gasteiger partial charge in [-0.05, 0) is 44.9 Å². The first-order valence-corrected chi connectivity index (χ1v) is 24.2. The number of ether oxygens (including phenoxy) is 3. The van der Waals surface area contributed by atoms with Crippen LogP contribution in [0.1, 0.15) is 265 Å². The smallest absolute Gasteiger partial charge is 0.306 e. The third kappa shape index (κ3) is 43.4. The minimum atomic E-state index is -0.527. The van der Waals surface area contributed by atoms with Gasteiger partial charge in [0.15, 0.2) is 6.10 Å². The van der Waals surface area contributed by atoms with E-state index in [2.05, 4.69) is 32.9 Å². The fourth-order valence-electron chi connectivity index (χ4n) is 7.15. The number of esters is 2. The molecule has 1 unspecified atom stereocenters. The molecule has 0 aliphatic rings. The summed E-state index contributed by atoms with van der Waals surface area (Å²) in [4.78, 5) is 25.3. The van der Waals surface area contributed by atoms with Gasteiger partial charge in [0.2, 0.25) is 0 Å². The monoisotopic (exact) mass is 763 g/mol. The summed E-state index contributed by atoms with van der Waals surface area (Å²) in [7, 11) is 0. The zero-order chi connectivity index (χ0) is 39.3. The molecule has 0 aliphatic carbocycles. The van der Waals surface area contributed by atoms with Crippen molar-refractivity contribution < 1.29 is 23.8 Å². The fraction of sp³-hybridized carbons (Fsp3) is 0.918. The molecule has 320 valence electrons. The van der Waals surface area contributed by atoms with Gasteiger partial charge in [0.25, 0.3) is 0 Å². The molecule has 0 fully saturated rings. The van der Waals surface area contributed by atoms with Gasteiger partial charge in [-0.1, -0.05) is 219 Å². The zero-order valence-electron chi connectivity index (χ0n) is 36.8. The highest BCUT2D eigenvalue weighted by atomic mass is 16.6. The summed E-state index contributed by atoms with van der Waals surface area (Å²) in [6.45, 7) is 7.84. The molecule has 1 atom stereocenters. The quantitative estimate of drug-likeness (QED) is 0.0351. The maximum Gasteiger partial charge on any atom is 0.306 e. The molecule has 0 aromatic rings. The molecule has 0 aromatic carbocycles. The summed E-state index contributed by atoms with van der Waals surface area (Å²) >= 11 is 0. The maximum absolute atomic E-state index is 12.7. The lowest BCUT2D eigenvalue weighted by atomic mass is 10.0. The SMILES string of the molecule is CCCCCC/C=C\CCCCCCCCOCC(COC(=O)CCCCCCCCCCCCCCC)OC(=O)CCCCCCCCCCCCC. The van der Waals surface area contributed by atoms with Gasteiger partial charge in [-0.3, -0.25) is 9.59 Å². The highest BCUT2D eigenvalue weighted by Gasteiger charge is 2.17. The molecule has 0 radical (unpaired) electrons. The Hall–Kier alpha value is -1.36. The number of rotatable bonds is 45. The highest BCUT2D eigenvalue weighted by molar-refractivity contribution is 5.70. The molecular weight excluding hydrogens is 669 g/mol. The maximum atomic E-state index is 12.7. The van der Waals surface area contributed by atoms with Gasteiger partial charge >= 0.3 is 11.9 Å². The van der Waals surface area contributed by atoms with Crippen LogP contribution in [-0.2, 0) is 23.8 Å². The van der Waals surface area contributed by atoms with Crippen LogP contribution in [-0.4, -0.2) is 37.9 Å². The van der Waals surface area contributed by atoms with E-state index in [-0.39, 0.29) is 18.5 Å². The first-order valence-electron chi connectivity index (χ1n) is 24.2. The number of carbonyl (C=O) groups excluding carboxylic acids is 2. The van der Waals surface area contributed by atoms with E-state index in [9.17, 15) is 9.59 Å². The van der Waals surface area contributed by atoms with Gasteiger partial charge in [0.1, 0.15) is 6.61 Å². The Labute approximate surface area is 337 Å². The molecule has 5 heteroatoms. The van der Waals surface area contributed by atoms with E-state index < -0.39 is 6.10 Å². The lowest BCUT2D eigenvalue weighted by Crippen LogP contribution is -2.30. The van der Waals surface area contributed by atoms with E-state index >= 15 is 0 Å². The topological polar surface area (TPSA) is 61.8 Å². The lowest BCUT2D eigenvalue weighted by Gasteiger charge is -2.18. The Balaban J connectivity index is 4.21. The van der Waals surface area contributed by atoms with Crippen molar-refractivity contribution in [2.45, 2.75) is 271 Å². The van der Waals surface area contributed by atoms with Crippen molar-refractivity contribution in [3.05, 3.63) is 12.2 Å². The van der Waals surface area contributed by atoms with Crippen molar-refractivity contribution in [1.82, 2.24) is 0 Å². The summed E-state index contributed by atoms with van der Waals surface area (Å²) in [5.41, 5.74) is 0. The van der Waals surface area contributed by atoms with Crippen LogP contribution in [0.25, 0.3) is 0 Å². The first kappa shape index (κ1) is 52.6. The molecule has 0 aliphatic heterocycles. The molecule has 54 heavy (non-hydrogen) atoms. The predicted molar refractivity (Wildman–Crippen MR) is 233 cm³/mol. The Morgan fingerprint density at radius 1 is 0.389 bits per heavy atom. The molecule has 0 spiro atoms. The molecule has 0 saturated heterocycles. The van der Waals surface area contributed by atoms with Gasteiger partial charge in [-0.2, -0.15) is 0 Å². The minimum absolute atomic E-state index is 0.0917. The van der Waals surface area contributed by atoms with Crippen LogP contribution >= 0.6 is 0 Å². The van der Waals surface area contributed by atoms with Crippen molar-refractivity contribution in [2.24, 2.45) is 0 Å². The van der Waals surface area contributed by atoms with Crippen LogP contribution in [0.5, 0.6) is 0 Å². The Kier molecular flexibility index (Phi) is 44.9. The zero-order valence-corrected chi connectivity index (χ0v) is 36.8. The van der Waals surface area contributed by atoms with Gasteiger partial charge in [0, 0.05) is 19.4 Å². The van der Waals surface area contributed by atoms with Crippen LogP contribution in [0.2, 0.25) is 0 Å². The molecule has 5 nitrogen and oxygen atoms in total. The van der Waals surface area contributed by atoms with Crippen LogP contribution in [0, 0.1) is 0 Å². The van der Waals surface area contributed by atoms with Gasteiger partial charge in [0.05, 0.1) is 6.61 Å². The van der Waals surface area contributed by atoms with Crippen molar-refractivity contribution in [1.29, 1.82) is 0 Å². The van der Waals surface area contributed by atoms with E-state index in [0.29, 0.717) is 26.1 Å². The van der Waals surface area contributed by atoms with Crippen molar-refractivity contribution in [2.75, 3.05) is 19.8 Å². The van der Waals surface area contributed by atoms with Crippen molar-refractivity contribution >= 4 is 11.9 Å². The largest absolute Gasteiger partial charge is 0.462 e. The third-order valence-electron chi connectivity index (χ3n) is 10.8.